The fraction of sp³-hybridized carbons (Fsp3) is 0.294. The van der Waals surface area contributed by atoms with Crippen LogP contribution in [0.2, 0.25) is 0 Å². The smallest absolute Gasteiger partial charge is 0.223 e. The molecule has 1 aliphatic heterocycles. The van der Waals surface area contributed by atoms with Crippen LogP contribution in [0.3, 0.4) is 0 Å². The Morgan fingerprint density at radius 3 is 2.67 bits per heavy atom. The Hall–Kier alpha value is -2.70. The molecule has 2 heterocycles. The first kappa shape index (κ1) is 16.2. The summed E-state index contributed by atoms with van der Waals surface area (Å²) in [6, 6.07) is 6.30. The van der Waals surface area contributed by atoms with Crippen molar-refractivity contribution >= 4 is 11.8 Å². The van der Waals surface area contributed by atoms with E-state index in [1.54, 1.807) is 6.07 Å². The highest BCUT2D eigenvalue weighted by molar-refractivity contribution is 5.83. The summed E-state index contributed by atoms with van der Waals surface area (Å²) in [6.45, 7) is 0.949. The lowest BCUT2D eigenvalue weighted by Gasteiger charge is -2.37. The van der Waals surface area contributed by atoms with E-state index < -0.39 is 23.6 Å². The predicted molar refractivity (Wildman–Crippen MR) is 82.8 cm³/mol. The number of amides is 2. The number of primary amides is 1. The number of hydrogen-bond donors (Lipinski definition) is 1. The number of carbonyl (C=O) groups excluding carboxylic acids is 2. The van der Waals surface area contributed by atoms with Crippen LogP contribution in [0, 0.1) is 11.6 Å². The third-order valence-corrected chi connectivity index (χ3v) is 4.20. The van der Waals surface area contributed by atoms with Gasteiger partial charge in [0, 0.05) is 49.5 Å². The van der Waals surface area contributed by atoms with Crippen LogP contribution in [0.25, 0.3) is 0 Å². The van der Waals surface area contributed by atoms with Gasteiger partial charge in [0.15, 0.2) is 0 Å². The SMILES string of the molecule is NC(=O)CCC(=O)N1CCn2cccc2C1c1ccc(F)cc1F. The van der Waals surface area contributed by atoms with E-state index in [0.29, 0.717) is 13.1 Å². The molecule has 0 spiro atoms. The molecule has 2 aromatic rings. The maximum absolute atomic E-state index is 14.3. The molecule has 1 atom stereocenters. The predicted octanol–water partition coefficient (Wildman–Crippen LogP) is 1.96. The average molecular weight is 333 g/mol. The molecule has 1 unspecified atom stereocenters. The van der Waals surface area contributed by atoms with Crippen molar-refractivity contribution in [2.45, 2.75) is 25.4 Å². The molecule has 24 heavy (non-hydrogen) atoms. The Morgan fingerprint density at radius 1 is 1.17 bits per heavy atom. The van der Waals surface area contributed by atoms with E-state index in [9.17, 15) is 18.4 Å². The topological polar surface area (TPSA) is 68.3 Å². The van der Waals surface area contributed by atoms with Crippen molar-refractivity contribution in [2.24, 2.45) is 5.73 Å². The first-order valence-corrected chi connectivity index (χ1v) is 7.65. The van der Waals surface area contributed by atoms with Crippen LogP contribution >= 0.6 is 0 Å². The van der Waals surface area contributed by atoms with Crippen LogP contribution in [0.5, 0.6) is 0 Å². The summed E-state index contributed by atoms with van der Waals surface area (Å²) < 4.78 is 29.5. The minimum atomic E-state index is -0.706. The number of benzene rings is 1. The zero-order valence-corrected chi connectivity index (χ0v) is 12.9. The van der Waals surface area contributed by atoms with Gasteiger partial charge < -0.3 is 15.2 Å². The monoisotopic (exact) mass is 333 g/mol. The van der Waals surface area contributed by atoms with Crippen molar-refractivity contribution in [1.29, 1.82) is 0 Å². The fourth-order valence-corrected chi connectivity index (χ4v) is 3.08. The largest absolute Gasteiger partial charge is 0.370 e. The Morgan fingerprint density at radius 2 is 1.96 bits per heavy atom. The van der Waals surface area contributed by atoms with Crippen LogP contribution in [0.4, 0.5) is 8.78 Å². The second kappa shape index (κ2) is 6.43. The van der Waals surface area contributed by atoms with Crippen LogP contribution in [-0.4, -0.2) is 27.8 Å². The maximum Gasteiger partial charge on any atom is 0.223 e. The summed E-state index contributed by atoms with van der Waals surface area (Å²) in [7, 11) is 0. The lowest BCUT2D eigenvalue weighted by atomic mass is 9.98. The molecule has 2 amide bonds. The minimum Gasteiger partial charge on any atom is -0.370 e. The lowest BCUT2D eigenvalue weighted by Crippen LogP contribution is -2.42. The summed E-state index contributed by atoms with van der Waals surface area (Å²) in [5.41, 5.74) is 6.08. The summed E-state index contributed by atoms with van der Waals surface area (Å²) >= 11 is 0. The molecule has 1 aromatic carbocycles. The molecular formula is C17H17F2N3O2. The summed E-state index contributed by atoms with van der Waals surface area (Å²) in [4.78, 5) is 25.0. The molecule has 126 valence electrons. The lowest BCUT2D eigenvalue weighted by molar-refractivity contribution is -0.135. The van der Waals surface area contributed by atoms with E-state index in [-0.39, 0.29) is 24.3 Å². The van der Waals surface area contributed by atoms with Crippen molar-refractivity contribution in [1.82, 2.24) is 9.47 Å². The van der Waals surface area contributed by atoms with Crippen molar-refractivity contribution in [3.8, 4) is 0 Å². The van der Waals surface area contributed by atoms with E-state index in [2.05, 4.69) is 0 Å². The third kappa shape index (κ3) is 3.02. The Bertz CT molecular complexity index is 788. The van der Waals surface area contributed by atoms with E-state index in [1.807, 2.05) is 16.8 Å². The summed E-state index contributed by atoms with van der Waals surface area (Å²) in [5, 5.41) is 0. The fourth-order valence-electron chi connectivity index (χ4n) is 3.08. The number of hydrogen-bond acceptors (Lipinski definition) is 2. The first-order valence-electron chi connectivity index (χ1n) is 7.65. The van der Waals surface area contributed by atoms with E-state index in [4.69, 9.17) is 5.73 Å². The number of carbonyl (C=O) groups is 2. The molecule has 0 radical (unpaired) electrons. The van der Waals surface area contributed by atoms with Gasteiger partial charge in [-0.2, -0.15) is 0 Å². The molecule has 0 fully saturated rings. The molecule has 5 nitrogen and oxygen atoms in total. The maximum atomic E-state index is 14.3. The van der Waals surface area contributed by atoms with Gasteiger partial charge in [-0.25, -0.2) is 8.78 Å². The summed E-state index contributed by atoms with van der Waals surface area (Å²) in [6.07, 6.45) is 1.76. The molecule has 7 heteroatoms. The van der Waals surface area contributed by atoms with E-state index >= 15 is 0 Å². The van der Waals surface area contributed by atoms with Crippen LogP contribution in [-0.2, 0) is 16.1 Å². The molecule has 0 saturated carbocycles. The van der Waals surface area contributed by atoms with Gasteiger partial charge in [-0.1, -0.05) is 6.07 Å². The molecular weight excluding hydrogens is 316 g/mol. The van der Waals surface area contributed by atoms with Crippen LogP contribution < -0.4 is 5.73 Å². The molecule has 2 N–H and O–H groups in total. The normalized spacial score (nSPS) is 16.8. The van der Waals surface area contributed by atoms with Crippen molar-refractivity contribution < 1.29 is 18.4 Å². The Balaban J connectivity index is 1.99. The van der Waals surface area contributed by atoms with Gasteiger partial charge in [-0.05, 0) is 18.2 Å². The summed E-state index contributed by atoms with van der Waals surface area (Å²) in [5.74, 6) is -2.22. The van der Waals surface area contributed by atoms with E-state index in [0.717, 1.165) is 11.8 Å². The Labute approximate surface area is 137 Å². The zero-order valence-electron chi connectivity index (χ0n) is 12.9. The van der Waals surface area contributed by atoms with Gasteiger partial charge in [0.25, 0.3) is 0 Å². The number of fused-ring (bicyclic) bond motifs is 1. The highest BCUT2D eigenvalue weighted by atomic mass is 19.1. The van der Waals surface area contributed by atoms with Crippen LogP contribution in [0.15, 0.2) is 36.5 Å². The average Bonchev–Trinajstić information content (AvgIpc) is 3.00. The number of halogens is 2. The van der Waals surface area contributed by atoms with Gasteiger partial charge in [-0.3, -0.25) is 9.59 Å². The first-order chi connectivity index (χ1) is 11.5. The molecule has 3 rings (SSSR count). The molecule has 0 aliphatic carbocycles. The second-order valence-electron chi connectivity index (χ2n) is 5.75. The van der Waals surface area contributed by atoms with Gasteiger partial charge >= 0.3 is 0 Å². The van der Waals surface area contributed by atoms with Gasteiger partial charge in [0.05, 0.1) is 0 Å². The molecule has 1 aliphatic rings. The number of rotatable bonds is 4. The number of aromatic nitrogens is 1. The number of nitrogens with zero attached hydrogens (tertiary/aromatic N) is 2. The number of nitrogens with two attached hydrogens (primary N) is 1. The molecule has 1 aromatic heterocycles. The van der Waals surface area contributed by atoms with Crippen molar-refractivity contribution in [3.63, 3.8) is 0 Å². The Kier molecular flexibility index (Phi) is 4.33. The van der Waals surface area contributed by atoms with Gasteiger partial charge in [0.2, 0.25) is 11.8 Å². The molecule has 0 bridgehead atoms. The quantitative estimate of drug-likeness (QED) is 0.929. The minimum absolute atomic E-state index is 0.0324. The standard InChI is InChI=1S/C17H17F2N3O2/c18-11-3-4-12(13(19)10-11)17-14-2-1-7-21(14)8-9-22(17)16(24)6-5-15(20)23/h1-4,7,10,17H,5-6,8-9H2,(H2,20,23). The molecule has 0 saturated heterocycles. The van der Waals surface area contributed by atoms with E-state index in [1.165, 1.54) is 17.0 Å². The van der Waals surface area contributed by atoms with Crippen molar-refractivity contribution in [2.75, 3.05) is 6.54 Å². The van der Waals surface area contributed by atoms with Crippen LogP contribution in [0.1, 0.15) is 30.1 Å². The highest BCUT2D eigenvalue weighted by Gasteiger charge is 2.33. The van der Waals surface area contributed by atoms with Gasteiger partial charge in [0.1, 0.15) is 17.7 Å². The van der Waals surface area contributed by atoms with Crippen molar-refractivity contribution in [3.05, 3.63) is 59.4 Å². The third-order valence-electron chi connectivity index (χ3n) is 4.20. The highest BCUT2D eigenvalue weighted by Crippen LogP contribution is 2.34. The second-order valence-corrected chi connectivity index (χ2v) is 5.75. The zero-order chi connectivity index (χ0) is 17.3. The van der Waals surface area contributed by atoms with Gasteiger partial charge in [-0.15, -0.1) is 0 Å².